The zero-order chi connectivity index (χ0) is 16.5. The molecule has 0 fully saturated rings. The van der Waals surface area contributed by atoms with Crippen LogP contribution in [0.1, 0.15) is 23.5 Å². The van der Waals surface area contributed by atoms with E-state index in [1.807, 2.05) is 48.5 Å². The Morgan fingerprint density at radius 1 is 1.04 bits per heavy atom. The maximum atomic E-state index is 12.0. The molecule has 4 rings (SSSR count). The van der Waals surface area contributed by atoms with E-state index in [0.29, 0.717) is 12.1 Å². The number of rotatable bonds is 2. The predicted molar refractivity (Wildman–Crippen MR) is 92.9 cm³/mol. The van der Waals surface area contributed by atoms with Crippen LogP contribution in [-0.2, 0) is 4.79 Å². The summed E-state index contributed by atoms with van der Waals surface area (Å²) in [5.74, 6) is 0.110. The highest BCUT2D eigenvalue weighted by atomic mass is 16.3. The third-order valence-corrected chi connectivity index (χ3v) is 4.35. The zero-order valence-corrected chi connectivity index (χ0v) is 12.9. The van der Waals surface area contributed by atoms with Gasteiger partial charge in [0.1, 0.15) is 5.75 Å². The van der Waals surface area contributed by atoms with Gasteiger partial charge in [-0.2, -0.15) is 0 Å². The van der Waals surface area contributed by atoms with Crippen LogP contribution < -0.4 is 5.32 Å². The minimum Gasteiger partial charge on any atom is -0.508 e. The molecular formula is C20H16N2O2. The SMILES string of the molecule is O=C1CC(c2ccc(-c3ccccn3)cc2)c2ccc(O)cc2N1. The second-order valence-electron chi connectivity index (χ2n) is 5.91. The first kappa shape index (κ1) is 14.5. The first-order chi connectivity index (χ1) is 11.7. The third kappa shape index (κ3) is 2.63. The lowest BCUT2D eigenvalue weighted by atomic mass is 9.84. The van der Waals surface area contributed by atoms with E-state index in [1.54, 1.807) is 18.3 Å². The molecule has 1 unspecified atom stereocenters. The Morgan fingerprint density at radius 3 is 2.62 bits per heavy atom. The van der Waals surface area contributed by atoms with Crippen LogP contribution >= 0.6 is 0 Å². The molecule has 1 atom stereocenters. The summed E-state index contributed by atoms with van der Waals surface area (Å²) < 4.78 is 0. The molecule has 4 nitrogen and oxygen atoms in total. The number of aromatic hydroxyl groups is 1. The van der Waals surface area contributed by atoms with Crippen LogP contribution in [0.3, 0.4) is 0 Å². The van der Waals surface area contributed by atoms with Gasteiger partial charge in [-0.1, -0.05) is 36.4 Å². The average molecular weight is 316 g/mol. The van der Waals surface area contributed by atoms with Crippen LogP contribution in [0.25, 0.3) is 11.3 Å². The highest BCUT2D eigenvalue weighted by molar-refractivity contribution is 5.95. The van der Waals surface area contributed by atoms with E-state index in [4.69, 9.17) is 0 Å². The van der Waals surface area contributed by atoms with Gasteiger partial charge in [-0.3, -0.25) is 9.78 Å². The van der Waals surface area contributed by atoms with E-state index < -0.39 is 0 Å². The molecule has 118 valence electrons. The number of carbonyl (C=O) groups excluding carboxylic acids is 1. The highest BCUT2D eigenvalue weighted by Crippen LogP contribution is 2.38. The van der Waals surface area contributed by atoms with Crippen molar-refractivity contribution in [3.8, 4) is 17.0 Å². The van der Waals surface area contributed by atoms with Gasteiger partial charge in [-0.15, -0.1) is 0 Å². The molecule has 24 heavy (non-hydrogen) atoms. The lowest BCUT2D eigenvalue weighted by Gasteiger charge is -2.26. The Labute approximate surface area is 139 Å². The first-order valence-electron chi connectivity index (χ1n) is 7.85. The molecule has 1 aromatic heterocycles. The molecule has 0 spiro atoms. The van der Waals surface area contributed by atoms with Gasteiger partial charge in [0.15, 0.2) is 0 Å². The fourth-order valence-electron chi connectivity index (χ4n) is 3.17. The largest absolute Gasteiger partial charge is 0.508 e. The Hall–Kier alpha value is -3.14. The zero-order valence-electron chi connectivity index (χ0n) is 12.9. The molecule has 1 amide bonds. The Morgan fingerprint density at radius 2 is 1.88 bits per heavy atom. The number of anilines is 1. The van der Waals surface area contributed by atoms with E-state index in [1.165, 1.54) is 0 Å². The number of pyridine rings is 1. The average Bonchev–Trinajstić information content (AvgIpc) is 2.61. The van der Waals surface area contributed by atoms with Crippen LogP contribution in [0, 0.1) is 0 Å². The van der Waals surface area contributed by atoms with E-state index >= 15 is 0 Å². The molecule has 3 aromatic rings. The lowest BCUT2D eigenvalue weighted by Crippen LogP contribution is -2.23. The van der Waals surface area contributed by atoms with Gasteiger partial charge in [-0.05, 0) is 29.3 Å². The predicted octanol–water partition coefficient (Wildman–Crippen LogP) is 3.93. The van der Waals surface area contributed by atoms with Gasteiger partial charge in [0.2, 0.25) is 5.91 Å². The number of carbonyl (C=O) groups is 1. The van der Waals surface area contributed by atoms with Crippen LogP contribution in [0.2, 0.25) is 0 Å². The van der Waals surface area contributed by atoms with E-state index in [9.17, 15) is 9.90 Å². The molecule has 2 aromatic carbocycles. The molecule has 0 radical (unpaired) electrons. The highest BCUT2D eigenvalue weighted by Gasteiger charge is 2.26. The normalized spacial score (nSPS) is 16.3. The third-order valence-electron chi connectivity index (χ3n) is 4.35. The number of nitrogens with one attached hydrogen (secondary N) is 1. The van der Waals surface area contributed by atoms with Gasteiger partial charge < -0.3 is 10.4 Å². The first-order valence-corrected chi connectivity index (χ1v) is 7.85. The van der Waals surface area contributed by atoms with Crippen LogP contribution in [0.5, 0.6) is 5.75 Å². The molecule has 0 saturated carbocycles. The second-order valence-corrected chi connectivity index (χ2v) is 5.91. The monoisotopic (exact) mass is 316 g/mol. The van der Waals surface area contributed by atoms with Crippen molar-refractivity contribution in [1.29, 1.82) is 0 Å². The van der Waals surface area contributed by atoms with Crippen LogP contribution in [-0.4, -0.2) is 16.0 Å². The van der Waals surface area contributed by atoms with Crippen molar-refractivity contribution in [1.82, 2.24) is 4.98 Å². The molecule has 2 heterocycles. The summed E-state index contributed by atoms with van der Waals surface area (Å²) in [6.07, 6.45) is 2.18. The fourth-order valence-corrected chi connectivity index (χ4v) is 3.17. The van der Waals surface area contributed by atoms with Crippen molar-refractivity contribution in [3.63, 3.8) is 0 Å². The molecule has 0 aliphatic carbocycles. The summed E-state index contributed by atoms with van der Waals surface area (Å²) in [6, 6.07) is 19.1. The topological polar surface area (TPSA) is 62.2 Å². The van der Waals surface area contributed by atoms with Gasteiger partial charge >= 0.3 is 0 Å². The number of benzene rings is 2. The van der Waals surface area contributed by atoms with Crippen molar-refractivity contribution in [2.24, 2.45) is 0 Å². The van der Waals surface area contributed by atoms with Crippen molar-refractivity contribution in [2.45, 2.75) is 12.3 Å². The minimum atomic E-state index is -0.0353. The molecule has 2 N–H and O–H groups in total. The second kappa shape index (κ2) is 5.81. The van der Waals surface area contributed by atoms with Gasteiger partial charge in [0.25, 0.3) is 0 Å². The van der Waals surface area contributed by atoms with E-state index in [-0.39, 0.29) is 17.6 Å². The number of hydrogen-bond donors (Lipinski definition) is 2. The summed E-state index contributed by atoms with van der Waals surface area (Å²) in [7, 11) is 0. The van der Waals surface area contributed by atoms with Crippen LogP contribution in [0.15, 0.2) is 66.9 Å². The molecule has 1 aliphatic rings. The maximum absolute atomic E-state index is 12.0. The Balaban J connectivity index is 1.71. The van der Waals surface area contributed by atoms with Crippen molar-refractivity contribution in [3.05, 3.63) is 78.0 Å². The van der Waals surface area contributed by atoms with Crippen LogP contribution in [0.4, 0.5) is 5.69 Å². The number of fused-ring (bicyclic) bond motifs is 1. The van der Waals surface area contributed by atoms with E-state index in [2.05, 4.69) is 10.3 Å². The van der Waals surface area contributed by atoms with Gasteiger partial charge in [-0.25, -0.2) is 0 Å². The number of nitrogens with zero attached hydrogens (tertiary/aromatic N) is 1. The smallest absolute Gasteiger partial charge is 0.225 e. The molecular weight excluding hydrogens is 300 g/mol. The molecule has 1 aliphatic heterocycles. The van der Waals surface area contributed by atoms with Gasteiger partial charge in [0, 0.05) is 35.9 Å². The maximum Gasteiger partial charge on any atom is 0.225 e. The fraction of sp³-hybridized carbons (Fsp3) is 0.100. The number of phenols is 1. The van der Waals surface area contributed by atoms with Gasteiger partial charge in [0.05, 0.1) is 5.69 Å². The standard InChI is InChI=1S/C20H16N2O2/c23-15-8-9-16-17(12-20(24)22-19(16)11-15)13-4-6-14(7-5-13)18-3-1-2-10-21-18/h1-11,17,23H,12H2,(H,22,24). The Bertz CT molecular complexity index is 889. The molecule has 0 bridgehead atoms. The lowest BCUT2D eigenvalue weighted by molar-refractivity contribution is -0.116. The Kier molecular flexibility index (Phi) is 3.50. The summed E-state index contributed by atoms with van der Waals surface area (Å²) >= 11 is 0. The summed E-state index contributed by atoms with van der Waals surface area (Å²) in [4.78, 5) is 16.4. The summed E-state index contributed by atoms with van der Waals surface area (Å²) in [6.45, 7) is 0. The van der Waals surface area contributed by atoms with E-state index in [0.717, 1.165) is 22.4 Å². The summed E-state index contributed by atoms with van der Waals surface area (Å²) in [5.41, 5.74) is 4.76. The van der Waals surface area contributed by atoms with Crippen molar-refractivity contribution >= 4 is 11.6 Å². The number of amides is 1. The van der Waals surface area contributed by atoms with Crippen molar-refractivity contribution < 1.29 is 9.90 Å². The summed E-state index contributed by atoms with van der Waals surface area (Å²) in [5, 5.41) is 12.5. The minimum absolute atomic E-state index is 0.00728. The molecule has 0 saturated heterocycles. The number of phenolic OH excluding ortho intramolecular Hbond substituents is 1. The van der Waals surface area contributed by atoms with Crippen molar-refractivity contribution in [2.75, 3.05) is 5.32 Å². The quantitative estimate of drug-likeness (QED) is 0.753. The molecule has 4 heteroatoms. The number of hydrogen-bond acceptors (Lipinski definition) is 3. The number of aromatic nitrogens is 1.